The number of nitrogens with zero attached hydrogens (tertiary/aromatic N) is 2. The van der Waals surface area contributed by atoms with E-state index < -0.39 is 11.4 Å². The normalized spacial score (nSPS) is 22.3. The average Bonchev–Trinajstić information content (AvgIpc) is 2.82. The van der Waals surface area contributed by atoms with Gasteiger partial charge in [0.05, 0.1) is 11.0 Å². The van der Waals surface area contributed by atoms with Gasteiger partial charge in [-0.25, -0.2) is 9.78 Å². The van der Waals surface area contributed by atoms with Crippen LogP contribution in [0.3, 0.4) is 0 Å². The van der Waals surface area contributed by atoms with Gasteiger partial charge in [-0.1, -0.05) is 0 Å². The van der Waals surface area contributed by atoms with Gasteiger partial charge in [0.2, 0.25) is 5.91 Å². The van der Waals surface area contributed by atoms with E-state index in [0.717, 1.165) is 13.0 Å². The number of carboxylic acid groups (broad SMARTS) is 1. The molecule has 0 saturated carbocycles. The number of anilines is 1. The molecular formula is C13H17N3O3. The number of carboxylic acids is 1. The number of aromatic carboxylic acids is 1. The molecule has 2 rings (SSSR count). The zero-order valence-corrected chi connectivity index (χ0v) is 11.0. The molecule has 1 aliphatic heterocycles. The molecule has 0 aromatic carbocycles. The summed E-state index contributed by atoms with van der Waals surface area (Å²) in [7, 11) is 1.64. The molecule has 6 heteroatoms. The van der Waals surface area contributed by atoms with Gasteiger partial charge < -0.3 is 15.3 Å². The fraction of sp³-hybridized carbons (Fsp3) is 0.462. The van der Waals surface area contributed by atoms with Gasteiger partial charge in [-0.2, -0.15) is 0 Å². The largest absolute Gasteiger partial charge is 0.478 e. The zero-order valence-electron chi connectivity index (χ0n) is 11.0. The fourth-order valence-corrected chi connectivity index (χ4v) is 2.34. The zero-order chi connectivity index (χ0) is 14.0. The maximum absolute atomic E-state index is 11.8. The highest BCUT2D eigenvalue weighted by atomic mass is 16.4. The number of carbonyl (C=O) groups excluding carboxylic acids is 1. The van der Waals surface area contributed by atoms with Gasteiger partial charge in [0.15, 0.2) is 0 Å². The molecule has 1 unspecified atom stereocenters. The summed E-state index contributed by atoms with van der Waals surface area (Å²) in [5, 5.41) is 11.5. The third kappa shape index (κ3) is 2.52. The van der Waals surface area contributed by atoms with E-state index in [4.69, 9.17) is 5.11 Å². The number of nitrogens with one attached hydrogen (secondary N) is 1. The molecule has 19 heavy (non-hydrogen) atoms. The van der Waals surface area contributed by atoms with Crippen LogP contribution in [0.2, 0.25) is 0 Å². The molecule has 0 bridgehead atoms. The minimum atomic E-state index is -0.990. The molecule has 1 aromatic rings. The standard InChI is InChI=1S/C13H17N3O3/c1-13(12(19)14-2)5-6-16(8-13)10-4-3-9(7-15-10)11(17)18/h3-4,7H,5-6,8H2,1-2H3,(H,14,19)(H,17,18). The smallest absolute Gasteiger partial charge is 0.337 e. The Hall–Kier alpha value is -2.11. The number of pyridine rings is 1. The van der Waals surface area contributed by atoms with Crippen molar-refractivity contribution in [1.29, 1.82) is 0 Å². The summed E-state index contributed by atoms with van der Waals surface area (Å²) < 4.78 is 0. The number of hydrogen-bond donors (Lipinski definition) is 2. The van der Waals surface area contributed by atoms with Crippen LogP contribution in [0, 0.1) is 5.41 Å². The Labute approximate surface area is 111 Å². The first-order valence-corrected chi connectivity index (χ1v) is 6.13. The van der Waals surface area contributed by atoms with Crippen molar-refractivity contribution in [3.63, 3.8) is 0 Å². The second-order valence-corrected chi connectivity index (χ2v) is 5.02. The Kier molecular flexibility index (Phi) is 3.42. The molecule has 0 radical (unpaired) electrons. The highest BCUT2D eigenvalue weighted by Crippen LogP contribution is 2.32. The topological polar surface area (TPSA) is 82.5 Å². The monoisotopic (exact) mass is 263 g/mol. The van der Waals surface area contributed by atoms with Crippen molar-refractivity contribution in [2.24, 2.45) is 5.41 Å². The highest BCUT2D eigenvalue weighted by Gasteiger charge is 2.40. The van der Waals surface area contributed by atoms with Gasteiger partial charge in [-0.3, -0.25) is 4.79 Å². The first-order valence-electron chi connectivity index (χ1n) is 6.13. The number of carbonyl (C=O) groups is 2. The highest BCUT2D eigenvalue weighted by molar-refractivity contribution is 5.87. The number of hydrogen-bond acceptors (Lipinski definition) is 4. The first kappa shape index (κ1) is 13.3. The summed E-state index contributed by atoms with van der Waals surface area (Å²) in [6, 6.07) is 3.21. The Morgan fingerprint density at radius 2 is 2.21 bits per heavy atom. The lowest BCUT2D eigenvalue weighted by Crippen LogP contribution is -2.39. The quantitative estimate of drug-likeness (QED) is 0.840. The Balaban J connectivity index is 2.12. The van der Waals surface area contributed by atoms with Crippen LogP contribution in [0.1, 0.15) is 23.7 Å². The van der Waals surface area contributed by atoms with Gasteiger partial charge in [0, 0.05) is 26.3 Å². The Bertz CT molecular complexity index is 500. The summed E-state index contributed by atoms with van der Waals surface area (Å²) in [6.07, 6.45) is 2.10. The maximum atomic E-state index is 11.8. The molecule has 102 valence electrons. The van der Waals surface area contributed by atoms with Gasteiger partial charge in [-0.05, 0) is 25.5 Å². The molecular weight excluding hydrogens is 246 g/mol. The number of aromatic nitrogens is 1. The SMILES string of the molecule is CNC(=O)C1(C)CCN(c2ccc(C(=O)O)cn2)C1. The van der Waals surface area contributed by atoms with Crippen molar-refractivity contribution >= 4 is 17.7 Å². The van der Waals surface area contributed by atoms with E-state index in [9.17, 15) is 9.59 Å². The van der Waals surface area contributed by atoms with Crippen LogP contribution in [0.5, 0.6) is 0 Å². The molecule has 1 amide bonds. The summed E-state index contributed by atoms with van der Waals surface area (Å²) in [4.78, 5) is 28.7. The van der Waals surface area contributed by atoms with E-state index in [0.29, 0.717) is 12.4 Å². The summed E-state index contributed by atoms with van der Waals surface area (Å²) >= 11 is 0. The molecule has 1 aromatic heterocycles. The van der Waals surface area contributed by atoms with Crippen molar-refractivity contribution in [2.45, 2.75) is 13.3 Å². The van der Waals surface area contributed by atoms with Crippen LogP contribution < -0.4 is 10.2 Å². The lowest BCUT2D eigenvalue weighted by Gasteiger charge is -2.23. The average molecular weight is 263 g/mol. The molecule has 0 spiro atoms. The van der Waals surface area contributed by atoms with E-state index >= 15 is 0 Å². The lowest BCUT2D eigenvalue weighted by molar-refractivity contribution is -0.128. The summed E-state index contributed by atoms with van der Waals surface area (Å²) in [6.45, 7) is 3.26. The third-order valence-electron chi connectivity index (χ3n) is 3.57. The molecule has 2 heterocycles. The van der Waals surface area contributed by atoms with E-state index in [1.165, 1.54) is 12.3 Å². The molecule has 6 nitrogen and oxygen atoms in total. The molecule has 2 N–H and O–H groups in total. The van der Waals surface area contributed by atoms with Crippen molar-refractivity contribution in [3.8, 4) is 0 Å². The van der Waals surface area contributed by atoms with Crippen LogP contribution >= 0.6 is 0 Å². The van der Waals surface area contributed by atoms with Crippen molar-refractivity contribution in [1.82, 2.24) is 10.3 Å². The fourth-order valence-electron chi connectivity index (χ4n) is 2.34. The molecule has 0 aliphatic carbocycles. The molecule has 1 aliphatic rings. The second kappa shape index (κ2) is 4.87. The van der Waals surface area contributed by atoms with E-state index in [-0.39, 0.29) is 11.5 Å². The second-order valence-electron chi connectivity index (χ2n) is 5.02. The molecule has 1 saturated heterocycles. The first-order chi connectivity index (χ1) is 8.96. The van der Waals surface area contributed by atoms with Crippen LogP contribution in [0.25, 0.3) is 0 Å². The van der Waals surface area contributed by atoms with Crippen LogP contribution in [-0.4, -0.2) is 42.1 Å². The van der Waals surface area contributed by atoms with Crippen molar-refractivity contribution < 1.29 is 14.7 Å². The minimum Gasteiger partial charge on any atom is -0.478 e. The Morgan fingerprint density at radius 3 is 2.74 bits per heavy atom. The van der Waals surface area contributed by atoms with Crippen molar-refractivity contribution in [2.75, 3.05) is 25.0 Å². The van der Waals surface area contributed by atoms with Crippen LogP contribution in [0.4, 0.5) is 5.82 Å². The number of amides is 1. The predicted molar refractivity (Wildman–Crippen MR) is 70.2 cm³/mol. The molecule has 1 fully saturated rings. The van der Waals surface area contributed by atoms with Gasteiger partial charge in [0.1, 0.15) is 5.82 Å². The van der Waals surface area contributed by atoms with Crippen LogP contribution in [-0.2, 0) is 4.79 Å². The van der Waals surface area contributed by atoms with Gasteiger partial charge in [-0.15, -0.1) is 0 Å². The maximum Gasteiger partial charge on any atom is 0.337 e. The van der Waals surface area contributed by atoms with Crippen molar-refractivity contribution in [3.05, 3.63) is 23.9 Å². The van der Waals surface area contributed by atoms with Gasteiger partial charge >= 0.3 is 5.97 Å². The van der Waals surface area contributed by atoms with Crippen LogP contribution in [0.15, 0.2) is 18.3 Å². The predicted octanol–water partition coefficient (Wildman–Crippen LogP) is 0.742. The lowest BCUT2D eigenvalue weighted by atomic mass is 9.89. The molecule has 1 atom stereocenters. The third-order valence-corrected chi connectivity index (χ3v) is 3.57. The number of rotatable bonds is 3. The van der Waals surface area contributed by atoms with E-state index in [1.807, 2.05) is 11.8 Å². The summed E-state index contributed by atoms with van der Waals surface area (Å²) in [5.74, 6) is -0.259. The van der Waals surface area contributed by atoms with E-state index in [2.05, 4.69) is 10.3 Å². The Morgan fingerprint density at radius 1 is 1.47 bits per heavy atom. The van der Waals surface area contributed by atoms with Gasteiger partial charge in [0.25, 0.3) is 0 Å². The van der Waals surface area contributed by atoms with E-state index in [1.54, 1.807) is 13.1 Å². The summed E-state index contributed by atoms with van der Waals surface area (Å²) in [5.41, 5.74) is -0.251. The minimum absolute atomic E-state index is 0.0251.